The van der Waals surface area contributed by atoms with Gasteiger partial charge in [-0.05, 0) is 59.4 Å². The van der Waals surface area contributed by atoms with E-state index in [1.807, 2.05) is 18.2 Å². The van der Waals surface area contributed by atoms with Gasteiger partial charge in [0, 0.05) is 35.0 Å². The van der Waals surface area contributed by atoms with E-state index in [9.17, 15) is 18.8 Å². The topological polar surface area (TPSA) is 122 Å². The minimum atomic E-state index is -1.03. The molecule has 1 fully saturated rings. The molecule has 0 aliphatic carbocycles. The Balaban J connectivity index is 1.55. The van der Waals surface area contributed by atoms with Gasteiger partial charge in [0.15, 0.2) is 0 Å². The first kappa shape index (κ1) is 29.9. The maximum atomic E-state index is 14.4. The van der Waals surface area contributed by atoms with E-state index < -0.39 is 35.3 Å². The van der Waals surface area contributed by atoms with Crippen molar-refractivity contribution in [1.29, 1.82) is 0 Å². The lowest BCUT2D eigenvalue weighted by molar-refractivity contribution is -0.124. The van der Waals surface area contributed by atoms with Crippen LogP contribution in [-0.4, -0.2) is 48.4 Å². The highest BCUT2D eigenvalue weighted by Gasteiger charge is 2.30. The zero-order valence-electron chi connectivity index (χ0n) is 23.4. The molecule has 3 heterocycles. The zero-order valence-corrected chi connectivity index (χ0v) is 24.2. The molecule has 5 rings (SSSR count). The molecule has 42 heavy (non-hydrogen) atoms. The zero-order chi connectivity index (χ0) is 30.0. The maximum Gasteiger partial charge on any atom is 0.251 e. The third kappa shape index (κ3) is 6.57. The minimum absolute atomic E-state index is 0.0661. The molecule has 2 amide bonds. The molecule has 0 bridgehead atoms. The van der Waals surface area contributed by atoms with Crippen LogP contribution >= 0.6 is 11.6 Å². The summed E-state index contributed by atoms with van der Waals surface area (Å²) in [5, 5.41) is 3.22. The van der Waals surface area contributed by atoms with E-state index in [0.717, 1.165) is 22.8 Å². The van der Waals surface area contributed by atoms with Gasteiger partial charge < -0.3 is 29.8 Å². The lowest BCUT2D eigenvalue weighted by atomic mass is 9.89. The van der Waals surface area contributed by atoms with Crippen LogP contribution in [0.15, 0.2) is 53.5 Å². The molecule has 11 heteroatoms. The summed E-state index contributed by atoms with van der Waals surface area (Å²) in [6.45, 7) is 5.47. The summed E-state index contributed by atoms with van der Waals surface area (Å²) in [6.07, 6.45) is 1.93. The third-order valence-corrected chi connectivity index (χ3v) is 7.89. The highest BCUT2D eigenvalue weighted by Crippen LogP contribution is 2.34. The van der Waals surface area contributed by atoms with Crippen LogP contribution in [0, 0.1) is 11.7 Å². The van der Waals surface area contributed by atoms with Crippen molar-refractivity contribution in [1.82, 2.24) is 4.57 Å². The van der Waals surface area contributed by atoms with E-state index in [1.165, 1.54) is 22.8 Å². The number of anilines is 1. The Bertz CT molecular complexity index is 1550. The molecule has 2 aliphatic rings. The van der Waals surface area contributed by atoms with E-state index in [-0.39, 0.29) is 42.9 Å². The fourth-order valence-corrected chi connectivity index (χ4v) is 5.54. The molecule has 1 aromatic heterocycles. The second-order valence-corrected chi connectivity index (χ2v) is 11.4. The van der Waals surface area contributed by atoms with Gasteiger partial charge in [-0.1, -0.05) is 31.5 Å². The summed E-state index contributed by atoms with van der Waals surface area (Å²) in [5.41, 5.74) is 7.89. The number of halogens is 2. The highest BCUT2D eigenvalue weighted by molar-refractivity contribution is 6.30. The molecule has 3 atom stereocenters. The molecule has 222 valence electrons. The first-order valence-electron chi connectivity index (χ1n) is 13.9. The SMILES string of the molecule is CC(C)C1Cc2ccc(Cl)cc2-c2cc(=O)n([C@@H](C[C@@H]3COCCO3)C(=O)Nc3ccc(C(N)=O)c(F)c3)cc2CO1. The Kier molecular flexibility index (Phi) is 9.08. The Labute approximate surface area is 247 Å². The van der Waals surface area contributed by atoms with Gasteiger partial charge in [-0.2, -0.15) is 0 Å². The molecule has 2 aliphatic heterocycles. The fourth-order valence-electron chi connectivity index (χ4n) is 5.37. The minimum Gasteiger partial charge on any atom is -0.376 e. The van der Waals surface area contributed by atoms with Crippen LogP contribution in [-0.2, 0) is 32.0 Å². The van der Waals surface area contributed by atoms with Crippen molar-refractivity contribution >= 4 is 29.1 Å². The van der Waals surface area contributed by atoms with Crippen LogP contribution in [0.5, 0.6) is 0 Å². The number of rotatable bonds is 7. The number of fused-ring (bicyclic) bond motifs is 3. The third-order valence-electron chi connectivity index (χ3n) is 7.65. The van der Waals surface area contributed by atoms with E-state index in [4.69, 9.17) is 31.5 Å². The summed E-state index contributed by atoms with van der Waals surface area (Å²) in [7, 11) is 0. The standard InChI is InChI=1S/C31H33ClFN3O6/c1-17(2)28-9-18-3-4-20(32)10-24(18)25-13-29(37)36(14-19(25)15-42-28)27(12-22-16-40-7-8-41-22)31(39)35-21-5-6-23(30(34)38)26(33)11-21/h3-6,10-11,13-14,17,22,27-28H,7-9,12,15-16H2,1-2H3,(H2,34,38)(H,35,39)/t22-,27+,28?/m1/s1. The van der Waals surface area contributed by atoms with Crippen molar-refractivity contribution in [2.24, 2.45) is 11.7 Å². The molecule has 0 radical (unpaired) electrons. The molecule has 9 nitrogen and oxygen atoms in total. The van der Waals surface area contributed by atoms with Gasteiger partial charge in [0.25, 0.3) is 11.5 Å². The molecule has 3 N–H and O–H groups in total. The molecular formula is C31H33ClFN3O6. The average Bonchev–Trinajstić information content (AvgIpc) is 2.94. The number of carbonyl (C=O) groups excluding carboxylic acids is 2. The van der Waals surface area contributed by atoms with Gasteiger partial charge in [-0.25, -0.2) is 4.39 Å². The highest BCUT2D eigenvalue weighted by atomic mass is 35.5. The predicted molar refractivity (Wildman–Crippen MR) is 156 cm³/mol. The number of aromatic nitrogens is 1. The van der Waals surface area contributed by atoms with Crippen LogP contribution < -0.4 is 16.6 Å². The Hall–Kier alpha value is -3.57. The van der Waals surface area contributed by atoms with Gasteiger partial charge in [-0.15, -0.1) is 0 Å². The first-order chi connectivity index (χ1) is 20.1. The fraction of sp³-hybridized carbons (Fsp3) is 0.387. The molecule has 0 saturated carbocycles. The van der Waals surface area contributed by atoms with Crippen LogP contribution in [0.2, 0.25) is 5.02 Å². The van der Waals surface area contributed by atoms with Crippen molar-refractivity contribution in [2.45, 2.75) is 51.5 Å². The molecule has 1 unspecified atom stereocenters. The molecule has 2 aromatic carbocycles. The van der Waals surface area contributed by atoms with Gasteiger partial charge in [0.05, 0.1) is 44.2 Å². The molecular weight excluding hydrogens is 565 g/mol. The number of nitrogens with zero attached hydrogens (tertiary/aromatic N) is 1. The maximum absolute atomic E-state index is 14.4. The Morgan fingerprint density at radius 2 is 1.88 bits per heavy atom. The van der Waals surface area contributed by atoms with E-state index in [2.05, 4.69) is 19.2 Å². The first-order valence-corrected chi connectivity index (χ1v) is 14.2. The van der Waals surface area contributed by atoms with E-state index in [0.29, 0.717) is 30.2 Å². The van der Waals surface area contributed by atoms with Crippen molar-refractivity contribution in [3.8, 4) is 11.1 Å². The number of hydrogen-bond donors (Lipinski definition) is 2. The number of nitrogens with two attached hydrogens (primary N) is 1. The largest absolute Gasteiger partial charge is 0.376 e. The van der Waals surface area contributed by atoms with Gasteiger partial charge in [0.2, 0.25) is 5.91 Å². The predicted octanol–water partition coefficient (Wildman–Crippen LogP) is 4.49. The number of pyridine rings is 1. The summed E-state index contributed by atoms with van der Waals surface area (Å²) in [4.78, 5) is 38.8. The van der Waals surface area contributed by atoms with Crippen molar-refractivity contribution in [3.05, 3.63) is 86.5 Å². The Morgan fingerprint density at radius 1 is 1.10 bits per heavy atom. The number of benzene rings is 2. The van der Waals surface area contributed by atoms with E-state index >= 15 is 0 Å². The summed E-state index contributed by atoms with van der Waals surface area (Å²) < 4.78 is 33.5. The quantitative estimate of drug-likeness (QED) is 0.414. The van der Waals surface area contributed by atoms with Crippen molar-refractivity contribution < 1.29 is 28.2 Å². The van der Waals surface area contributed by atoms with Crippen molar-refractivity contribution in [2.75, 3.05) is 25.1 Å². The van der Waals surface area contributed by atoms with E-state index in [1.54, 1.807) is 6.20 Å². The number of primary amides is 1. The second kappa shape index (κ2) is 12.7. The monoisotopic (exact) mass is 597 g/mol. The summed E-state index contributed by atoms with van der Waals surface area (Å²) in [6, 6.07) is 9.69. The smallest absolute Gasteiger partial charge is 0.251 e. The number of carbonyl (C=O) groups is 2. The van der Waals surface area contributed by atoms with Crippen LogP contribution in [0.3, 0.4) is 0 Å². The van der Waals surface area contributed by atoms with Gasteiger partial charge in [-0.3, -0.25) is 14.4 Å². The summed E-state index contributed by atoms with van der Waals surface area (Å²) >= 11 is 6.38. The van der Waals surface area contributed by atoms with Gasteiger partial charge >= 0.3 is 0 Å². The summed E-state index contributed by atoms with van der Waals surface area (Å²) in [5.74, 6) is -2.11. The van der Waals surface area contributed by atoms with Crippen LogP contribution in [0.1, 0.15) is 47.8 Å². The average molecular weight is 598 g/mol. The molecule has 3 aromatic rings. The molecule has 0 spiro atoms. The lowest BCUT2D eigenvalue weighted by Gasteiger charge is -2.30. The number of ether oxygens (including phenoxy) is 3. The molecule has 1 saturated heterocycles. The van der Waals surface area contributed by atoms with Crippen LogP contribution in [0.4, 0.5) is 10.1 Å². The Morgan fingerprint density at radius 3 is 2.57 bits per heavy atom. The van der Waals surface area contributed by atoms with Gasteiger partial charge in [0.1, 0.15) is 11.9 Å². The number of amides is 2. The number of nitrogens with one attached hydrogen (secondary N) is 1. The van der Waals surface area contributed by atoms with Crippen molar-refractivity contribution in [3.63, 3.8) is 0 Å². The second-order valence-electron chi connectivity index (χ2n) is 10.9. The van der Waals surface area contributed by atoms with Crippen LogP contribution in [0.25, 0.3) is 11.1 Å². The number of hydrogen-bond acceptors (Lipinski definition) is 6. The normalized spacial score (nSPS) is 19.3. The lowest BCUT2D eigenvalue weighted by Crippen LogP contribution is -2.39.